The van der Waals surface area contributed by atoms with Crippen LogP contribution in [0.3, 0.4) is 0 Å². The highest BCUT2D eigenvalue weighted by Crippen LogP contribution is 2.18. The lowest BCUT2D eigenvalue weighted by Gasteiger charge is -2.05. The smallest absolute Gasteiger partial charge is 0.196 e. The molecular formula is C12H14BrNO2. The Labute approximate surface area is 103 Å². The van der Waals surface area contributed by atoms with Crippen LogP contribution in [-0.2, 0) is 11.2 Å². The number of rotatable bonds is 5. The van der Waals surface area contributed by atoms with E-state index >= 15 is 0 Å². The van der Waals surface area contributed by atoms with Crippen molar-refractivity contribution < 1.29 is 9.15 Å². The Bertz CT molecular complexity index is 422. The van der Waals surface area contributed by atoms with E-state index in [1.165, 1.54) is 0 Å². The van der Waals surface area contributed by atoms with E-state index < -0.39 is 0 Å². The van der Waals surface area contributed by atoms with Gasteiger partial charge in [-0.05, 0) is 18.6 Å². The van der Waals surface area contributed by atoms with Crippen LogP contribution in [0.1, 0.15) is 12.3 Å². The van der Waals surface area contributed by atoms with E-state index in [4.69, 9.17) is 9.15 Å². The summed E-state index contributed by atoms with van der Waals surface area (Å²) in [6.45, 7) is 0.746. The number of aromatic nitrogens is 1. The number of nitrogens with zero attached hydrogens (tertiary/aromatic N) is 1. The van der Waals surface area contributed by atoms with E-state index in [0.717, 1.165) is 36.4 Å². The maximum Gasteiger partial charge on any atom is 0.196 e. The quantitative estimate of drug-likeness (QED) is 0.791. The van der Waals surface area contributed by atoms with Crippen LogP contribution >= 0.6 is 15.9 Å². The number of oxazole rings is 1. The molecule has 0 N–H and O–H groups in total. The van der Waals surface area contributed by atoms with Gasteiger partial charge >= 0.3 is 0 Å². The summed E-state index contributed by atoms with van der Waals surface area (Å²) in [5, 5.41) is 0. The van der Waals surface area contributed by atoms with E-state index in [9.17, 15) is 0 Å². The molecule has 2 rings (SSSR count). The topological polar surface area (TPSA) is 35.3 Å². The molecule has 86 valence electrons. The second-order valence-corrected chi connectivity index (χ2v) is 4.95. The maximum atomic E-state index is 5.64. The zero-order valence-electron chi connectivity index (χ0n) is 9.15. The molecule has 16 heavy (non-hydrogen) atoms. The molecule has 0 saturated carbocycles. The molecule has 1 aromatic carbocycles. The lowest BCUT2D eigenvalue weighted by molar-refractivity contribution is 0.194. The van der Waals surface area contributed by atoms with Crippen molar-refractivity contribution in [2.75, 3.05) is 13.7 Å². The fraction of sp³-hybridized carbons (Fsp3) is 0.417. The van der Waals surface area contributed by atoms with Crippen LogP contribution in [0.4, 0.5) is 0 Å². The Kier molecular flexibility index (Phi) is 3.96. The van der Waals surface area contributed by atoms with Gasteiger partial charge in [0.1, 0.15) is 5.52 Å². The summed E-state index contributed by atoms with van der Waals surface area (Å²) in [5.41, 5.74) is 1.77. The van der Waals surface area contributed by atoms with Crippen LogP contribution in [0.2, 0.25) is 0 Å². The van der Waals surface area contributed by atoms with Gasteiger partial charge in [-0.2, -0.15) is 0 Å². The molecule has 0 aliphatic rings. The molecule has 0 spiro atoms. The first kappa shape index (κ1) is 11.6. The average Bonchev–Trinajstić information content (AvgIpc) is 2.68. The Hall–Kier alpha value is -0.870. The van der Waals surface area contributed by atoms with Gasteiger partial charge in [-0.3, -0.25) is 0 Å². The lowest BCUT2D eigenvalue weighted by atomic mass is 10.2. The number of alkyl halides is 1. The van der Waals surface area contributed by atoms with Gasteiger partial charge in [-0.1, -0.05) is 28.1 Å². The van der Waals surface area contributed by atoms with Crippen molar-refractivity contribution in [3.63, 3.8) is 0 Å². The standard InChI is InChI=1S/C12H14BrNO2/c1-15-7-6-9(13)8-12-14-10-4-2-3-5-11(10)16-12/h2-5,9H,6-8H2,1H3. The van der Waals surface area contributed by atoms with Gasteiger partial charge in [0, 0.05) is 25.0 Å². The number of benzene rings is 1. The molecule has 0 bridgehead atoms. The van der Waals surface area contributed by atoms with E-state index in [1.807, 2.05) is 24.3 Å². The van der Waals surface area contributed by atoms with E-state index in [-0.39, 0.29) is 0 Å². The minimum Gasteiger partial charge on any atom is -0.441 e. The van der Waals surface area contributed by atoms with E-state index in [0.29, 0.717) is 4.83 Å². The first-order valence-electron chi connectivity index (χ1n) is 5.27. The van der Waals surface area contributed by atoms with Crippen molar-refractivity contribution in [1.29, 1.82) is 0 Å². The second kappa shape index (κ2) is 5.46. The number of methoxy groups -OCH3 is 1. The first-order chi connectivity index (χ1) is 7.79. The SMILES string of the molecule is COCCC(Br)Cc1nc2ccccc2o1. The second-order valence-electron chi connectivity index (χ2n) is 3.66. The summed E-state index contributed by atoms with van der Waals surface area (Å²) in [6, 6.07) is 7.81. The molecule has 1 unspecified atom stereocenters. The zero-order valence-corrected chi connectivity index (χ0v) is 10.7. The van der Waals surface area contributed by atoms with Crippen molar-refractivity contribution in [1.82, 2.24) is 4.98 Å². The van der Waals surface area contributed by atoms with Crippen molar-refractivity contribution in [2.45, 2.75) is 17.7 Å². The third-order valence-corrected chi connectivity index (χ3v) is 3.15. The van der Waals surface area contributed by atoms with Gasteiger partial charge in [0.2, 0.25) is 0 Å². The molecule has 1 heterocycles. The van der Waals surface area contributed by atoms with Gasteiger partial charge < -0.3 is 9.15 Å². The Balaban J connectivity index is 2.03. The van der Waals surface area contributed by atoms with E-state index in [2.05, 4.69) is 20.9 Å². The van der Waals surface area contributed by atoms with Crippen LogP contribution in [0.25, 0.3) is 11.1 Å². The average molecular weight is 284 g/mol. The van der Waals surface area contributed by atoms with Crippen molar-refractivity contribution in [2.24, 2.45) is 0 Å². The predicted molar refractivity (Wildman–Crippen MR) is 66.9 cm³/mol. The highest BCUT2D eigenvalue weighted by molar-refractivity contribution is 9.09. The summed E-state index contributed by atoms with van der Waals surface area (Å²) in [5.74, 6) is 0.777. The third-order valence-electron chi connectivity index (χ3n) is 2.37. The van der Waals surface area contributed by atoms with Gasteiger partial charge in [0.15, 0.2) is 11.5 Å². The molecular weight excluding hydrogens is 270 g/mol. The minimum atomic E-state index is 0.348. The molecule has 2 aromatic rings. The van der Waals surface area contributed by atoms with Crippen molar-refractivity contribution >= 4 is 27.0 Å². The van der Waals surface area contributed by atoms with Crippen LogP contribution in [0.15, 0.2) is 28.7 Å². The number of para-hydroxylation sites is 2. The fourth-order valence-electron chi connectivity index (χ4n) is 1.54. The molecule has 0 fully saturated rings. The number of hydrogen-bond donors (Lipinski definition) is 0. The van der Waals surface area contributed by atoms with Crippen molar-refractivity contribution in [3.8, 4) is 0 Å². The van der Waals surface area contributed by atoms with Gasteiger partial charge in [-0.15, -0.1) is 0 Å². The monoisotopic (exact) mass is 283 g/mol. The molecule has 3 nitrogen and oxygen atoms in total. The van der Waals surface area contributed by atoms with Crippen LogP contribution in [0, 0.1) is 0 Å². The van der Waals surface area contributed by atoms with Crippen molar-refractivity contribution in [3.05, 3.63) is 30.2 Å². The normalized spacial score (nSPS) is 13.1. The Morgan fingerprint density at radius 1 is 1.44 bits per heavy atom. The summed E-state index contributed by atoms with van der Waals surface area (Å²) >= 11 is 3.59. The fourth-order valence-corrected chi connectivity index (χ4v) is 2.01. The molecule has 0 saturated heterocycles. The van der Waals surface area contributed by atoms with Gasteiger partial charge in [0.05, 0.1) is 0 Å². The molecule has 0 radical (unpaired) electrons. The summed E-state index contributed by atoms with van der Waals surface area (Å²) in [7, 11) is 1.71. The summed E-state index contributed by atoms with van der Waals surface area (Å²) < 4.78 is 10.7. The maximum absolute atomic E-state index is 5.64. The summed E-state index contributed by atoms with van der Waals surface area (Å²) in [4.78, 5) is 4.77. The highest BCUT2D eigenvalue weighted by atomic mass is 79.9. The predicted octanol–water partition coefficient (Wildman–Crippen LogP) is 3.17. The van der Waals surface area contributed by atoms with Gasteiger partial charge in [-0.25, -0.2) is 4.98 Å². The third kappa shape index (κ3) is 2.83. The number of fused-ring (bicyclic) bond motifs is 1. The number of ether oxygens (including phenoxy) is 1. The van der Waals surface area contributed by atoms with Crippen LogP contribution in [-0.4, -0.2) is 23.5 Å². The minimum absolute atomic E-state index is 0.348. The molecule has 0 aliphatic heterocycles. The number of halogens is 1. The zero-order chi connectivity index (χ0) is 11.4. The molecule has 1 aromatic heterocycles. The largest absolute Gasteiger partial charge is 0.441 e. The Morgan fingerprint density at radius 2 is 2.25 bits per heavy atom. The van der Waals surface area contributed by atoms with E-state index in [1.54, 1.807) is 7.11 Å². The molecule has 1 atom stereocenters. The summed E-state index contributed by atoms with van der Waals surface area (Å²) in [6.07, 6.45) is 1.74. The lowest BCUT2D eigenvalue weighted by Crippen LogP contribution is -2.06. The van der Waals surface area contributed by atoms with Crippen LogP contribution in [0.5, 0.6) is 0 Å². The Morgan fingerprint density at radius 3 is 3.00 bits per heavy atom. The van der Waals surface area contributed by atoms with Crippen LogP contribution < -0.4 is 0 Å². The first-order valence-corrected chi connectivity index (χ1v) is 6.18. The number of hydrogen-bond acceptors (Lipinski definition) is 3. The molecule has 4 heteroatoms. The van der Waals surface area contributed by atoms with Gasteiger partial charge in [0.25, 0.3) is 0 Å². The molecule has 0 aliphatic carbocycles. The highest BCUT2D eigenvalue weighted by Gasteiger charge is 2.10. The molecule has 0 amide bonds.